The molecule has 0 aliphatic carbocycles. The molecule has 4 heteroatoms. The second kappa shape index (κ2) is 3.01. The summed E-state index contributed by atoms with van der Waals surface area (Å²) in [5, 5.41) is 4.33. The van der Waals surface area contributed by atoms with Crippen molar-refractivity contribution in [3.05, 3.63) is 0 Å². The van der Waals surface area contributed by atoms with Crippen LogP contribution in [0.5, 0.6) is 0 Å². The maximum Gasteiger partial charge on any atom is 0.309 e. The molecule has 0 aromatic heterocycles. The molecular formula is C4H8N2O2. The summed E-state index contributed by atoms with van der Waals surface area (Å²) in [6.07, 6.45) is 0. The Labute approximate surface area is 47.3 Å². The summed E-state index contributed by atoms with van der Waals surface area (Å²) in [5.74, 6) is -1.24. The van der Waals surface area contributed by atoms with E-state index in [9.17, 15) is 9.59 Å². The van der Waals surface area contributed by atoms with Gasteiger partial charge in [-0.1, -0.05) is 0 Å². The summed E-state index contributed by atoms with van der Waals surface area (Å²) in [7, 11) is 2.80. The average Bonchev–Trinajstić information content (AvgIpc) is 1.84. The lowest BCUT2D eigenvalue weighted by Crippen LogP contribution is -2.35. The smallest absolute Gasteiger partial charge is 0.309 e. The number of nitrogens with one attached hydrogen (secondary N) is 2. The zero-order valence-corrected chi connectivity index (χ0v) is 4.82. The Hall–Kier alpha value is -1.06. The van der Waals surface area contributed by atoms with Crippen LogP contribution in [0, 0.1) is 0 Å². The standard InChI is InChI=1S/C4H8N2O2/c1-5-3(7)4(8)6-2/h1-2H3,(H,5,7)(H,6,8). The van der Waals surface area contributed by atoms with Gasteiger partial charge in [0.25, 0.3) is 0 Å². The van der Waals surface area contributed by atoms with Gasteiger partial charge in [0.1, 0.15) is 0 Å². The molecule has 0 fully saturated rings. The van der Waals surface area contributed by atoms with Gasteiger partial charge in [-0.05, 0) is 0 Å². The second-order valence-electron chi connectivity index (χ2n) is 1.16. The van der Waals surface area contributed by atoms with Gasteiger partial charge in [0.2, 0.25) is 0 Å². The van der Waals surface area contributed by atoms with E-state index in [0.717, 1.165) is 0 Å². The van der Waals surface area contributed by atoms with Crippen molar-refractivity contribution in [3.63, 3.8) is 0 Å². The predicted octanol–water partition coefficient (Wildman–Crippen LogP) is -1.52. The minimum atomic E-state index is -0.618. The maximum atomic E-state index is 10.2. The Morgan fingerprint density at radius 1 is 1.00 bits per heavy atom. The molecule has 0 aromatic carbocycles. The first-order valence-electron chi connectivity index (χ1n) is 2.16. The van der Waals surface area contributed by atoms with E-state index in [4.69, 9.17) is 0 Å². The summed E-state index contributed by atoms with van der Waals surface area (Å²) in [5.41, 5.74) is 0. The van der Waals surface area contributed by atoms with E-state index in [1.54, 1.807) is 0 Å². The van der Waals surface area contributed by atoms with Gasteiger partial charge in [0, 0.05) is 14.1 Å². The van der Waals surface area contributed by atoms with Crippen LogP contribution in [-0.4, -0.2) is 25.9 Å². The molecule has 0 spiro atoms. The molecule has 0 radical (unpaired) electrons. The van der Waals surface area contributed by atoms with Crippen LogP contribution in [0.1, 0.15) is 0 Å². The van der Waals surface area contributed by atoms with Crippen molar-refractivity contribution >= 4 is 11.8 Å². The van der Waals surface area contributed by atoms with Gasteiger partial charge >= 0.3 is 11.8 Å². The Morgan fingerprint density at radius 3 is 1.38 bits per heavy atom. The highest BCUT2D eigenvalue weighted by atomic mass is 16.2. The van der Waals surface area contributed by atoms with E-state index in [1.165, 1.54) is 14.1 Å². The molecule has 0 atom stereocenters. The van der Waals surface area contributed by atoms with Gasteiger partial charge in [-0.25, -0.2) is 0 Å². The second-order valence-corrected chi connectivity index (χ2v) is 1.16. The van der Waals surface area contributed by atoms with Crippen molar-refractivity contribution in [1.29, 1.82) is 0 Å². The van der Waals surface area contributed by atoms with E-state index in [2.05, 4.69) is 10.6 Å². The first-order valence-corrected chi connectivity index (χ1v) is 2.16. The minimum absolute atomic E-state index is 0.618. The summed E-state index contributed by atoms with van der Waals surface area (Å²) in [4.78, 5) is 20.4. The predicted molar refractivity (Wildman–Crippen MR) is 28.1 cm³/mol. The molecule has 46 valence electrons. The lowest BCUT2D eigenvalue weighted by atomic mass is 10.6. The van der Waals surface area contributed by atoms with Gasteiger partial charge in [0.05, 0.1) is 0 Å². The lowest BCUT2D eigenvalue weighted by molar-refractivity contribution is -0.138. The Bertz CT molecular complexity index is 96.6. The molecule has 0 aliphatic heterocycles. The average molecular weight is 116 g/mol. The van der Waals surface area contributed by atoms with E-state index in [0.29, 0.717) is 0 Å². The Balaban J connectivity index is 3.64. The highest BCUT2D eigenvalue weighted by Crippen LogP contribution is 1.59. The molecule has 2 amide bonds. The number of hydrogen-bond acceptors (Lipinski definition) is 2. The molecular weight excluding hydrogens is 108 g/mol. The fraction of sp³-hybridized carbons (Fsp3) is 0.500. The number of carbonyl (C=O) groups excluding carboxylic acids is 2. The number of carbonyl (C=O) groups is 2. The monoisotopic (exact) mass is 116 g/mol. The van der Waals surface area contributed by atoms with Gasteiger partial charge in [-0.15, -0.1) is 0 Å². The summed E-state index contributed by atoms with van der Waals surface area (Å²) in [6, 6.07) is 0. The number of hydrogen-bond donors (Lipinski definition) is 2. The SMILES string of the molecule is CNC(=O)C(=O)NC. The van der Waals surface area contributed by atoms with Crippen molar-refractivity contribution in [3.8, 4) is 0 Å². The zero-order valence-electron chi connectivity index (χ0n) is 4.82. The van der Waals surface area contributed by atoms with Gasteiger partial charge in [-0.2, -0.15) is 0 Å². The van der Waals surface area contributed by atoms with E-state index in [-0.39, 0.29) is 0 Å². The number of rotatable bonds is 0. The first-order chi connectivity index (χ1) is 3.72. The largest absolute Gasteiger partial charge is 0.351 e. The van der Waals surface area contributed by atoms with E-state index >= 15 is 0 Å². The fourth-order valence-corrected chi connectivity index (χ4v) is 0.227. The summed E-state index contributed by atoms with van der Waals surface area (Å²) in [6.45, 7) is 0. The highest BCUT2D eigenvalue weighted by molar-refractivity contribution is 6.34. The van der Waals surface area contributed by atoms with Crippen LogP contribution in [0.2, 0.25) is 0 Å². The zero-order chi connectivity index (χ0) is 6.57. The van der Waals surface area contributed by atoms with Crippen molar-refractivity contribution in [1.82, 2.24) is 10.6 Å². The third-order valence-corrected chi connectivity index (χ3v) is 0.660. The van der Waals surface area contributed by atoms with Gasteiger partial charge in [0.15, 0.2) is 0 Å². The first kappa shape index (κ1) is 6.94. The van der Waals surface area contributed by atoms with E-state index < -0.39 is 11.8 Å². The maximum absolute atomic E-state index is 10.2. The molecule has 0 bridgehead atoms. The summed E-state index contributed by atoms with van der Waals surface area (Å²) < 4.78 is 0. The van der Waals surface area contributed by atoms with Crippen LogP contribution in [0.3, 0.4) is 0 Å². The molecule has 0 rings (SSSR count). The fourth-order valence-electron chi connectivity index (χ4n) is 0.227. The van der Waals surface area contributed by atoms with Crippen molar-refractivity contribution in [2.75, 3.05) is 14.1 Å². The third kappa shape index (κ3) is 1.59. The number of amides is 2. The molecule has 0 aliphatic rings. The van der Waals surface area contributed by atoms with Crippen LogP contribution in [0.25, 0.3) is 0 Å². The normalized spacial score (nSPS) is 7.75. The summed E-state index contributed by atoms with van der Waals surface area (Å²) >= 11 is 0. The lowest BCUT2D eigenvalue weighted by Gasteiger charge is -1.93. The van der Waals surface area contributed by atoms with Gasteiger partial charge < -0.3 is 10.6 Å². The molecule has 0 heterocycles. The number of likely N-dealkylation sites (N-methyl/N-ethyl adjacent to an activating group) is 2. The molecule has 8 heavy (non-hydrogen) atoms. The Morgan fingerprint density at radius 2 is 1.25 bits per heavy atom. The van der Waals surface area contributed by atoms with Gasteiger partial charge in [-0.3, -0.25) is 9.59 Å². The molecule has 2 N–H and O–H groups in total. The van der Waals surface area contributed by atoms with Crippen LogP contribution in [0.15, 0.2) is 0 Å². The highest BCUT2D eigenvalue weighted by Gasteiger charge is 2.05. The molecule has 0 aromatic rings. The van der Waals surface area contributed by atoms with Crippen molar-refractivity contribution in [2.45, 2.75) is 0 Å². The minimum Gasteiger partial charge on any atom is -0.351 e. The quantitative estimate of drug-likeness (QED) is 0.377. The molecule has 0 saturated carbocycles. The van der Waals surface area contributed by atoms with Crippen LogP contribution in [-0.2, 0) is 9.59 Å². The Kier molecular flexibility index (Phi) is 2.61. The third-order valence-electron chi connectivity index (χ3n) is 0.660. The molecule has 0 unspecified atom stereocenters. The van der Waals surface area contributed by atoms with Crippen LogP contribution in [0.4, 0.5) is 0 Å². The molecule has 0 saturated heterocycles. The van der Waals surface area contributed by atoms with E-state index in [1.807, 2.05) is 0 Å². The van der Waals surface area contributed by atoms with Crippen LogP contribution < -0.4 is 10.6 Å². The molecule has 4 nitrogen and oxygen atoms in total. The topological polar surface area (TPSA) is 58.2 Å². The van der Waals surface area contributed by atoms with Crippen molar-refractivity contribution in [2.24, 2.45) is 0 Å². The van der Waals surface area contributed by atoms with Crippen LogP contribution >= 0.6 is 0 Å². The van der Waals surface area contributed by atoms with Crippen molar-refractivity contribution < 1.29 is 9.59 Å².